The molecule has 0 heterocycles. The zero-order chi connectivity index (χ0) is 23.0. The van der Waals surface area contributed by atoms with Crippen LogP contribution in [0.5, 0.6) is 0 Å². The predicted octanol–water partition coefficient (Wildman–Crippen LogP) is 7.32. The molecule has 1 N–H and O–H groups in total. The largest absolute Gasteiger partial charge is 0.326 e. The van der Waals surface area contributed by atoms with Gasteiger partial charge in [0.2, 0.25) is 0 Å². The minimum Gasteiger partial charge on any atom is -0.305 e. The first-order valence-corrected chi connectivity index (χ1v) is 11.4. The van der Waals surface area contributed by atoms with Crippen molar-refractivity contribution in [3.05, 3.63) is 113 Å². The van der Waals surface area contributed by atoms with Crippen molar-refractivity contribution in [3.8, 4) is 0 Å². The first-order chi connectivity index (χ1) is 16.1. The van der Waals surface area contributed by atoms with E-state index < -0.39 is 17.7 Å². The summed E-state index contributed by atoms with van der Waals surface area (Å²) < 4.78 is 27.5. The quantitative estimate of drug-likeness (QED) is 0.423. The van der Waals surface area contributed by atoms with Crippen molar-refractivity contribution in [2.45, 2.75) is 38.6 Å². The lowest BCUT2D eigenvalue weighted by Gasteiger charge is -2.28. The Balaban J connectivity index is 1.57. The summed E-state index contributed by atoms with van der Waals surface area (Å²) in [5.41, 5.74) is 3.18. The van der Waals surface area contributed by atoms with E-state index in [-0.39, 0.29) is 5.69 Å². The van der Waals surface area contributed by atoms with Gasteiger partial charge in [-0.15, -0.1) is 0 Å². The molecule has 3 aromatic carbocycles. The molecule has 0 bridgehead atoms. The summed E-state index contributed by atoms with van der Waals surface area (Å²) in [6.07, 6.45) is 6.89. The Labute approximate surface area is 193 Å². The lowest BCUT2D eigenvalue weighted by Crippen LogP contribution is -2.35. The SMILES string of the molecule is O=C(Nc1ccc(F)cc1F)N(Cc1ccccc1)C1=CCCCC(Cc2ccccc2)C1. The van der Waals surface area contributed by atoms with E-state index in [0.29, 0.717) is 12.5 Å². The van der Waals surface area contributed by atoms with Crippen LogP contribution in [0.1, 0.15) is 36.8 Å². The monoisotopic (exact) mass is 446 g/mol. The lowest BCUT2D eigenvalue weighted by atomic mass is 9.92. The Kier molecular flexibility index (Phi) is 7.51. The van der Waals surface area contributed by atoms with Crippen LogP contribution in [0.4, 0.5) is 19.3 Å². The van der Waals surface area contributed by atoms with Crippen LogP contribution in [0, 0.1) is 17.6 Å². The van der Waals surface area contributed by atoms with Gasteiger partial charge in [-0.3, -0.25) is 4.90 Å². The van der Waals surface area contributed by atoms with E-state index in [1.165, 1.54) is 11.6 Å². The van der Waals surface area contributed by atoms with E-state index in [4.69, 9.17) is 0 Å². The van der Waals surface area contributed by atoms with Crippen molar-refractivity contribution in [1.82, 2.24) is 4.90 Å². The van der Waals surface area contributed by atoms with Gasteiger partial charge in [0.1, 0.15) is 11.6 Å². The van der Waals surface area contributed by atoms with Crippen LogP contribution in [-0.2, 0) is 13.0 Å². The van der Waals surface area contributed by atoms with Gasteiger partial charge in [-0.1, -0.05) is 66.7 Å². The maximum Gasteiger partial charge on any atom is 0.326 e. The second-order valence-corrected chi connectivity index (χ2v) is 8.51. The molecule has 0 fully saturated rings. The van der Waals surface area contributed by atoms with Gasteiger partial charge in [-0.05, 0) is 61.3 Å². The number of anilines is 1. The smallest absolute Gasteiger partial charge is 0.305 e. The molecule has 0 saturated heterocycles. The van der Waals surface area contributed by atoms with Gasteiger partial charge in [0.15, 0.2) is 0 Å². The lowest BCUT2D eigenvalue weighted by molar-refractivity contribution is 0.219. The topological polar surface area (TPSA) is 32.3 Å². The van der Waals surface area contributed by atoms with Gasteiger partial charge < -0.3 is 5.32 Å². The molecule has 1 aliphatic carbocycles. The summed E-state index contributed by atoms with van der Waals surface area (Å²) in [5, 5.41) is 2.64. The number of benzene rings is 3. The first kappa shape index (κ1) is 22.7. The number of nitrogens with one attached hydrogen (secondary N) is 1. The Morgan fingerprint density at radius 2 is 1.64 bits per heavy atom. The highest BCUT2D eigenvalue weighted by Gasteiger charge is 2.24. The van der Waals surface area contributed by atoms with Crippen molar-refractivity contribution < 1.29 is 13.6 Å². The van der Waals surface area contributed by atoms with Crippen LogP contribution in [0.25, 0.3) is 0 Å². The molecule has 170 valence electrons. The van der Waals surface area contributed by atoms with Gasteiger partial charge in [0, 0.05) is 11.8 Å². The van der Waals surface area contributed by atoms with E-state index in [1.807, 2.05) is 36.4 Å². The fourth-order valence-electron chi connectivity index (χ4n) is 4.34. The second-order valence-electron chi connectivity index (χ2n) is 8.51. The molecule has 0 aliphatic heterocycles. The number of amides is 2. The minimum atomic E-state index is -0.792. The molecule has 33 heavy (non-hydrogen) atoms. The van der Waals surface area contributed by atoms with Gasteiger partial charge in [-0.2, -0.15) is 0 Å². The summed E-state index contributed by atoms with van der Waals surface area (Å²) >= 11 is 0. The van der Waals surface area contributed by atoms with Crippen LogP contribution in [-0.4, -0.2) is 10.9 Å². The molecule has 0 aromatic heterocycles. The van der Waals surface area contributed by atoms with Gasteiger partial charge >= 0.3 is 6.03 Å². The van der Waals surface area contributed by atoms with Crippen LogP contribution >= 0.6 is 0 Å². The second kappa shape index (κ2) is 10.9. The van der Waals surface area contributed by atoms with Crippen LogP contribution in [0.15, 0.2) is 90.6 Å². The molecule has 3 nitrogen and oxygen atoms in total. The van der Waals surface area contributed by atoms with Crippen LogP contribution in [0.3, 0.4) is 0 Å². The molecular weight excluding hydrogens is 418 g/mol. The molecule has 0 radical (unpaired) electrons. The highest BCUT2D eigenvalue weighted by molar-refractivity contribution is 5.90. The zero-order valence-electron chi connectivity index (χ0n) is 18.5. The number of halogens is 2. The Morgan fingerprint density at radius 3 is 2.33 bits per heavy atom. The number of nitrogens with zero attached hydrogens (tertiary/aromatic N) is 1. The normalized spacial score (nSPS) is 15.9. The summed E-state index contributed by atoms with van der Waals surface area (Å²) in [4.78, 5) is 15.0. The number of hydrogen-bond acceptors (Lipinski definition) is 1. The standard InChI is InChI=1S/C28H28F2N2O/c29-24-15-16-27(26(30)19-24)31-28(33)32(20-22-11-5-2-6-12-22)25-14-8-7-13-23(18-25)17-21-9-3-1-4-10-21/h1-6,9-12,14-16,19,23H,7-8,13,17-18,20H2,(H,31,33). The predicted molar refractivity (Wildman–Crippen MR) is 128 cm³/mol. The fraction of sp³-hybridized carbons (Fsp3) is 0.250. The number of carbonyl (C=O) groups is 1. The molecule has 0 spiro atoms. The third-order valence-corrected chi connectivity index (χ3v) is 6.01. The maximum atomic E-state index is 14.2. The molecule has 4 rings (SSSR count). The fourth-order valence-corrected chi connectivity index (χ4v) is 4.34. The average Bonchev–Trinajstić information content (AvgIpc) is 3.06. The van der Waals surface area contributed by atoms with Crippen LogP contribution in [0.2, 0.25) is 0 Å². The van der Waals surface area contributed by atoms with Crippen molar-refractivity contribution in [1.29, 1.82) is 0 Å². The number of allylic oxidation sites excluding steroid dienone is 2. The van der Waals surface area contributed by atoms with Crippen molar-refractivity contribution in [3.63, 3.8) is 0 Å². The van der Waals surface area contributed by atoms with E-state index in [1.54, 1.807) is 4.90 Å². The van der Waals surface area contributed by atoms with Crippen molar-refractivity contribution >= 4 is 11.7 Å². The average molecular weight is 447 g/mol. The zero-order valence-corrected chi connectivity index (χ0v) is 18.5. The third-order valence-electron chi connectivity index (χ3n) is 6.01. The summed E-state index contributed by atoms with van der Waals surface area (Å²) in [5.74, 6) is -1.06. The number of hydrogen-bond donors (Lipinski definition) is 1. The van der Waals surface area contributed by atoms with Crippen molar-refractivity contribution in [2.75, 3.05) is 5.32 Å². The highest BCUT2D eigenvalue weighted by Crippen LogP contribution is 2.30. The Morgan fingerprint density at radius 1 is 0.939 bits per heavy atom. The summed E-state index contributed by atoms with van der Waals surface area (Å²) in [6.45, 7) is 0.374. The van der Waals surface area contributed by atoms with E-state index in [9.17, 15) is 13.6 Å². The van der Waals surface area contributed by atoms with E-state index in [2.05, 4.69) is 35.7 Å². The van der Waals surface area contributed by atoms with Gasteiger partial charge in [0.25, 0.3) is 0 Å². The Hall–Kier alpha value is -3.47. The van der Waals surface area contributed by atoms with Gasteiger partial charge in [0.05, 0.1) is 12.2 Å². The molecular formula is C28H28F2N2O. The van der Waals surface area contributed by atoms with Crippen molar-refractivity contribution in [2.24, 2.45) is 5.92 Å². The number of rotatable bonds is 6. The molecule has 0 saturated carbocycles. The molecule has 2 amide bonds. The number of urea groups is 1. The summed E-state index contributed by atoms with van der Waals surface area (Å²) in [7, 11) is 0. The molecule has 1 unspecified atom stereocenters. The Bertz CT molecular complexity index is 1100. The summed E-state index contributed by atoms with van der Waals surface area (Å²) in [6, 6.07) is 22.9. The van der Waals surface area contributed by atoms with Gasteiger partial charge in [-0.25, -0.2) is 13.6 Å². The number of carbonyl (C=O) groups excluding carboxylic acids is 1. The van der Waals surface area contributed by atoms with Crippen LogP contribution < -0.4 is 5.32 Å². The third kappa shape index (κ3) is 6.28. The first-order valence-electron chi connectivity index (χ1n) is 11.4. The molecule has 3 aromatic rings. The maximum absolute atomic E-state index is 14.2. The molecule has 5 heteroatoms. The molecule has 1 atom stereocenters. The van der Waals surface area contributed by atoms with E-state index >= 15 is 0 Å². The highest BCUT2D eigenvalue weighted by atomic mass is 19.1. The minimum absolute atomic E-state index is 0.0329. The molecule has 1 aliphatic rings. The van der Waals surface area contributed by atoms with E-state index in [0.717, 1.165) is 55.5 Å².